The molecule has 2 aromatic rings. The molecule has 19 heavy (non-hydrogen) atoms. The molecule has 0 saturated carbocycles. The van der Waals surface area contributed by atoms with E-state index < -0.39 is 6.10 Å². The number of ether oxygens (including phenoxy) is 1. The van der Waals surface area contributed by atoms with Crippen LogP contribution in [0.1, 0.15) is 5.56 Å². The van der Waals surface area contributed by atoms with Crippen molar-refractivity contribution >= 4 is 11.8 Å². The smallest absolute Gasteiger partial charge is 0.167 e. The van der Waals surface area contributed by atoms with Crippen LogP contribution in [-0.2, 0) is 7.05 Å². The predicted molar refractivity (Wildman–Crippen MR) is 76.6 cm³/mol. The number of imidazole rings is 1. The average Bonchev–Trinajstić information content (AvgIpc) is 2.81. The summed E-state index contributed by atoms with van der Waals surface area (Å²) in [7, 11) is 1.94. The number of aliphatic hydroxyl groups excluding tert-OH is 1. The van der Waals surface area contributed by atoms with Crippen molar-refractivity contribution in [2.75, 3.05) is 12.4 Å². The van der Waals surface area contributed by atoms with Crippen molar-refractivity contribution in [1.29, 1.82) is 0 Å². The molecule has 1 unspecified atom stereocenters. The third kappa shape index (κ3) is 4.01. The number of hydrogen-bond donors (Lipinski definition) is 1. The molecule has 102 valence electrons. The first kappa shape index (κ1) is 14.0. The van der Waals surface area contributed by atoms with Crippen molar-refractivity contribution in [1.82, 2.24) is 9.55 Å². The Morgan fingerprint density at radius 3 is 2.89 bits per heavy atom. The van der Waals surface area contributed by atoms with E-state index in [0.29, 0.717) is 12.4 Å². The molecule has 0 aliphatic heterocycles. The molecule has 4 nitrogen and oxygen atoms in total. The van der Waals surface area contributed by atoms with Crippen LogP contribution in [0, 0.1) is 6.92 Å². The molecule has 0 aliphatic carbocycles. The maximum absolute atomic E-state index is 9.91. The molecule has 1 aromatic heterocycles. The lowest BCUT2D eigenvalue weighted by Crippen LogP contribution is -2.20. The van der Waals surface area contributed by atoms with Gasteiger partial charge in [-0.05, 0) is 18.6 Å². The standard InChI is InChI=1S/C14H18N2O2S/c1-11-5-3-4-6-13(11)18-9-12(17)10-19-14-15-7-8-16(14)2/h3-8,12,17H,9-10H2,1-2H3. The highest BCUT2D eigenvalue weighted by Crippen LogP contribution is 2.18. The lowest BCUT2D eigenvalue weighted by atomic mass is 10.2. The number of benzene rings is 1. The van der Waals surface area contributed by atoms with Crippen LogP contribution in [0.3, 0.4) is 0 Å². The second kappa shape index (κ2) is 6.63. The number of para-hydroxylation sites is 1. The number of aliphatic hydroxyl groups is 1. The van der Waals surface area contributed by atoms with Gasteiger partial charge in [0.25, 0.3) is 0 Å². The van der Waals surface area contributed by atoms with Crippen LogP contribution in [0.5, 0.6) is 5.75 Å². The minimum absolute atomic E-state index is 0.294. The Hall–Kier alpha value is -1.46. The Kier molecular flexibility index (Phi) is 4.87. The van der Waals surface area contributed by atoms with E-state index in [-0.39, 0.29) is 0 Å². The van der Waals surface area contributed by atoms with E-state index in [9.17, 15) is 5.11 Å². The topological polar surface area (TPSA) is 47.3 Å². The van der Waals surface area contributed by atoms with Crippen molar-refractivity contribution in [2.45, 2.75) is 18.2 Å². The molecule has 0 amide bonds. The Balaban J connectivity index is 1.77. The number of nitrogens with zero attached hydrogens (tertiary/aromatic N) is 2. The second-order valence-electron chi connectivity index (χ2n) is 4.36. The third-order valence-electron chi connectivity index (χ3n) is 2.71. The number of rotatable bonds is 6. The summed E-state index contributed by atoms with van der Waals surface area (Å²) in [6, 6.07) is 7.80. The fourth-order valence-corrected chi connectivity index (χ4v) is 2.45. The van der Waals surface area contributed by atoms with E-state index in [1.54, 1.807) is 6.20 Å². The van der Waals surface area contributed by atoms with E-state index in [0.717, 1.165) is 16.5 Å². The Morgan fingerprint density at radius 2 is 2.21 bits per heavy atom. The number of hydrogen-bond acceptors (Lipinski definition) is 4. The molecule has 0 radical (unpaired) electrons. The average molecular weight is 278 g/mol. The van der Waals surface area contributed by atoms with Crippen molar-refractivity contribution in [3.05, 3.63) is 42.2 Å². The second-order valence-corrected chi connectivity index (χ2v) is 5.35. The van der Waals surface area contributed by atoms with Crippen LogP contribution in [0.4, 0.5) is 0 Å². The Morgan fingerprint density at radius 1 is 1.42 bits per heavy atom. The van der Waals surface area contributed by atoms with Crippen molar-refractivity contribution in [2.24, 2.45) is 7.05 Å². The summed E-state index contributed by atoms with van der Waals surface area (Å²) in [5, 5.41) is 10.8. The van der Waals surface area contributed by atoms with E-state index in [4.69, 9.17) is 4.74 Å². The fraction of sp³-hybridized carbons (Fsp3) is 0.357. The van der Waals surface area contributed by atoms with Crippen LogP contribution < -0.4 is 4.74 Å². The van der Waals surface area contributed by atoms with Gasteiger partial charge in [0, 0.05) is 25.2 Å². The maximum Gasteiger partial charge on any atom is 0.167 e. The highest BCUT2D eigenvalue weighted by Gasteiger charge is 2.09. The molecule has 0 spiro atoms. The van der Waals surface area contributed by atoms with Crippen LogP contribution in [0.15, 0.2) is 41.8 Å². The first-order valence-corrected chi connectivity index (χ1v) is 7.12. The molecule has 1 heterocycles. The summed E-state index contributed by atoms with van der Waals surface area (Å²) in [6.07, 6.45) is 3.12. The quantitative estimate of drug-likeness (QED) is 0.823. The van der Waals surface area contributed by atoms with E-state index in [2.05, 4.69) is 4.98 Å². The maximum atomic E-state index is 9.91. The molecular formula is C14H18N2O2S. The Labute approximate surface area is 117 Å². The molecular weight excluding hydrogens is 260 g/mol. The molecule has 1 N–H and O–H groups in total. The summed E-state index contributed by atoms with van der Waals surface area (Å²) in [5.41, 5.74) is 1.08. The van der Waals surface area contributed by atoms with Gasteiger partial charge in [0.05, 0.1) is 6.10 Å². The minimum atomic E-state index is -0.513. The van der Waals surface area contributed by atoms with Crippen LogP contribution in [0.2, 0.25) is 0 Å². The van der Waals surface area contributed by atoms with Gasteiger partial charge in [-0.2, -0.15) is 0 Å². The van der Waals surface area contributed by atoms with Crippen molar-refractivity contribution in [3.63, 3.8) is 0 Å². The molecule has 2 rings (SSSR count). The van der Waals surface area contributed by atoms with E-state index in [1.165, 1.54) is 11.8 Å². The van der Waals surface area contributed by atoms with E-state index >= 15 is 0 Å². The molecule has 0 bridgehead atoms. The van der Waals surface area contributed by atoms with Crippen molar-refractivity contribution < 1.29 is 9.84 Å². The van der Waals surface area contributed by atoms with Crippen LogP contribution >= 0.6 is 11.8 Å². The number of thioether (sulfide) groups is 1. The van der Waals surface area contributed by atoms with Gasteiger partial charge in [0.15, 0.2) is 5.16 Å². The zero-order chi connectivity index (χ0) is 13.7. The molecule has 0 fully saturated rings. The highest BCUT2D eigenvalue weighted by molar-refractivity contribution is 7.99. The number of aromatic nitrogens is 2. The van der Waals surface area contributed by atoms with Gasteiger partial charge < -0.3 is 14.4 Å². The normalized spacial score (nSPS) is 12.4. The highest BCUT2D eigenvalue weighted by atomic mass is 32.2. The van der Waals surface area contributed by atoms with Crippen LogP contribution in [-0.4, -0.2) is 33.1 Å². The first-order valence-electron chi connectivity index (χ1n) is 6.13. The minimum Gasteiger partial charge on any atom is -0.491 e. The van der Waals surface area contributed by atoms with Gasteiger partial charge in [-0.15, -0.1) is 0 Å². The van der Waals surface area contributed by atoms with Gasteiger partial charge in [-0.1, -0.05) is 30.0 Å². The summed E-state index contributed by atoms with van der Waals surface area (Å²) in [4.78, 5) is 4.19. The fourth-order valence-electron chi connectivity index (χ4n) is 1.61. The molecule has 5 heteroatoms. The van der Waals surface area contributed by atoms with E-state index in [1.807, 2.05) is 49.0 Å². The Bertz CT molecular complexity index is 528. The molecule has 1 atom stereocenters. The third-order valence-corrected chi connectivity index (χ3v) is 3.91. The van der Waals surface area contributed by atoms with Gasteiger partial charge in [-0.25, -0.2) is 4.98 Å². The monoisotopic (exact) mass is 278 g/mol. The van der Waals surface area contributed by atoms with Crippen LogP contribution in [0.25, 0.3) is 0 Å². The summed E-state index contributed by atoms with van der Waals surface area (Å²) in [6.45, 7) is 2.28. The number of aryl methyl sites for hydroxylation is 2. The van der Waals surface area contributed by atoms with Gasteiger partial charge in [0.1, 0.15) is 12.4 Å². The summed E-state index contributed by atoms with van der Waals surface area (Å²) < 4.78 is 7.54. The predicted octanol–water partition coefficient (Wildman–Crippen LogP) is 2.26. The van der Waals surface area contributed by atoms with Gasteiger partial charge in [0.2, 0.25) is 0 Å². The molecule has 0 saturated heterocycles. The molecule has 0 aliphatic rings. The first-order chi connectivity index (χ1) is 9.16. The largest absolute Gasteiger partial charge is 0.491 e. The zero-order valence-corrected chi connectivity index (χ0v) is 11.9. The summed E-state index contributed by atoms with van der Waals surface area (Å²) >= 11 is 1.52. The lowest BCUT2D eigenvalue weighted by Gasteiger charge is -2.13. The molecule has 1 aromatic carbocycles. The van der Waals surface area contributed by atoms with Gasteiger partial charge in [-0.3, -0.25) is 0 Å². The van der Waals surface area contributed by atoms with Gasteiger partial charge >= 0.3 is 0 Å². The zero-order valence-electron chi connectivity index (χ0n) is 11.1. The van der Waals surface area contributed by atoms with Crippen molar-refractivity contribution in [3.8, 4) is 5.75 Å². The SMILES string of the molecule is Cc1ccccc1OCC(O)CSc1nccn1C. The summed E-state index contributed by atoms with van der Waals surface area (Å²) in [5.74, 6) is 1.39. The lowest BCUT2D eigenvalue weighted by molar-refractivity contribution is 0.126.